The second-order valence-corrected chi connectivity index (χ2v) is 5.34. The zero-order valence-electron chi connectivity index (χ0n) is 12.2. The average Bonchev–Trinajstić information content (AvgIpc) is 2.85. The summed E-state index contributed by atoms with van der Waals surface area (Å²) in [4.78, 5) is 0. The summed E-state index contributed by atoms with van der Waals surface area (Å²) in [6.45, 7) is 1.30. The van der Waals surface area contributed by atoms with Gasteiger partial charge in [-0.05, 0) is 17.2 Å². The molecule has 0 radical (unpaired) electrons. The van der Waals surface area contributed by atoms with Crippen LogP contribution in [0.1, 0.15) is 17.2 Å². The van der Waals surface area contributed by atoms with Gasteiger partial charge in [-0.2, -0.15) is 0 Å². The van der Waals surface area contributed by atoms with Gasteiger partial charge in [0.05, 0.1) is 6.10 Å². The molecule has 0 aliphatic rings. The van der Waals surface area contributed by atoms with Gasteiger partial charge < -0.3 is 15.0 Å². The molecule has 0 saturated carbocycles. The lowest BCUT2D eigenvalue weighted by Gasteiger charge is -2.11. The number of hydrogen-bond donors (Lipinski definition) is 2. The molecule has 0 saturated heterocycles. The van der Waals surface area contributed by atoms with E-state index in [0.29, 0.717) is 6.54 Å². The van der Waals surface area contributed by atoms with E-state index in [2.05, 4.69) is 47.4 Å². The number of aromatic nitrogens is 1. The Morgan fingerprint density at radius 2 is 1.76 bits per heavy atom. The van der Waals surface area contributed by atoms with Crippen LogP contribution in [-0.4, -0.2) is 16.2 Å². The van der Waals surface area contributed by atoms with Crippen molar-refractivity contribution in [2.45, 2.75) is 12.6 Å². The van der Waals surface area contributed by atoms with Crippen LogP contribution in [0.2, 0.25) is 0 Å². The Bertz CT molecular complexity index is 718. The highest BCUT2D eigenvalue weighted by atomic mass is 16.3. The number of aryl methyl sites for hydroxylation is 1. The van der Waals surface area contributed by atoms with E-state index in [1.807, 2.05) is 30.3 Å². The van der Waals surface area contributed by atoms with Gasteiger partial charge in [0.15, 0.2) is 0 Å². The molecule has 0 aliphatic carbocycles. The smallest absolute Gasteiger partial charge is 0.0914 e. The van der Waals surface area contributed by atoms with E-state index in [1.165, 1.54) is 16.5 Å². The molecule has 0 unspecified atom stereocenters. The van der Waals surface area contributed by atoms with Crippen LogP contribution in [0.4, 0.5) is 0 Å². The van der Waals surface area contributed by atoms with Crippen LogP contribution in [0.25, 0.3) is 10.9 Å². The second kappa shape index (κ2) is 6.12. The van der Waals surface area contributed by atoms with Crippen molar-refractivity contribution in [3.63, 3.8) is 0 Å². The molecule has 3 heteroatoms. The second-order valence-electron chi connectivity index (χ2n) is 5.34. The van der Waals surface area contributed by atoms with Crippen LogP contribution in [0.15, 0.2) is 60.8 Å². The summed E-state index contributed by atoms with van der Waals surface area (Å²) in [5.41, 5.74) is 3.44. The molecule has 0 aliphatic heterocycles. The lowest BCUT2D eigenvalue weighted by molar-refractivity contribution is 0.174. The Morgan fingerprint density at radius 1 is 1.05 bits per heavy atom. The fourth-order valence-electron chi connectivity index (χ4n) is 2.70. The van der Waals surface area contributed by atoms with E-state index in [-0.39, 0.29) is 0 Å². The number of aliphatic hydroxyl groups is 1. The summed E-state index contributed by atoms with van der Waals surface area (Å²) in [7, 11) is 2.06. The van der Waals surface area contributed by atoms with Crippen molar-refractivity contribution < 1.29 is 5.11 Å². The summed E-state index contributed by atoms with van der Waals surface area (Å²) in [6.07, 6.45) is 1.67. The number of benzene rings is 2. The van der Waals surface area contributed by atoms with Crippen LogP contribution >= 0.6 is 0 Å². The van der Waals surface area contributed by atoms with Crippen LogP contribution in [0.3, 0.4) is 0 Å². The molecule has 3 rings (SSSR count). The van der Waals surface area contributed by atoms with Crippen LogP contribution < -0.4 is 5.32 Å². The summed E-state index contributed by atoms with van der Waals surface area (Å²) in [5, 5.41) is 14.8. The van der Waals surface area contributed by atoms with Gasteiger partial charge in [0.2, 0.25) is 0 Å². The summed E-state index contributed by atoms with van der Waals surface area (Å²) < 4.78 is 2.14. The Hall–Kier alpha value is -2.10. The normalized spacial score (nSPS) is 12.7. The number of aliphatic hydroxyl groups excluding tert-OH is 1. The van der Waals surface area contributed by atoms with Crippen LogP contribution in [-0.2, 0) is 13.6 Å². The fraction of sp³-hybridized carbons (Fsp3) is 0.222. The molecule has 3 aromatic rings. The Labute approximate surface area is 124 Å². The highest BCUT2D eigenvalue weighted by Gasteiger charge is 2.08. The van der Waals surface area contributed by atoms with Gasteiger partial charge in [-0.25, -0.2) is 0 Å². The Kier molecular flexibility index (Phi) is 4.04. The molecule has 2 aromatic carbocycles. The summed E-state index contributed by atoms with van der Waals surface area (Å²) in [6, 6.07) is 18.1. The first-order chi connectivity index (χ1) is 10.3. The van der Waals surface area contributed by atoms with Gasteiger partial charge in [-0.3, -0.25) is 0 Å². The first-order valence-electron chi connectivity index (χ1n) is 7.22. The van der Waals surface area contributed by atoms with Crippen molar-refractivity contribution in [1.29, 1.82) is 0 Å². The molecule has 2 N–H and O–H groups in total. The zero-order chi connectivity index (χ0) is 14.7. The molecule has 108 valence electrons. The SMILES string of the molecule is Cn1cc(CNC[C@H](O)c2ccccc2)c2ccccc21. The van der Waals surface area contributed by atoms with Crippen molar-refractivity contribution in [3.8, 4) is 0 Å². The van der Waals surface area contributed by atoms with Gasteiger partial charge in [0.1, 0.15) is 0 Å². The Morgan fingerprint density at radius 3 is 2.57 bits per heavy atom. The quantitative estimate of drug-likeness (QED) is 0.754. The molecule has 3 nitrogen and oxygen atoms in total. The molecule has 0 amide bonds. The van der Waals surface area contributed by atoms with Gasteiger partial charge in [0, 0.05) is 37.2 Å². The average molecular weight is 280 g/mol. The van der Waals surface area contributed by atoms with E-state index in [9.17, 15) is 5.11 Å². The minimum Gasteiger partial charge on any atom is -0.387 e. The molecular formula is C18H20N2O. The van der Waals surface area contributed by atoms with Crippen molar-refractivity contribution in [2.24, 2.45) is 7.05 Å². The molecule has 1 heterocycles. The van der Waals surface area contributed by atoms with Crippen LogP contribution in [0, 0.1) is 0 Å². The van der Waals surface area contributed by atoms with Crippen molar-refractivity contribution >= 4 is 10.9 Å². The molecule has 0 bridgehead atoms. The topological polar surface area (TPSA) is 37.2 Å². The number of rotatable bonds is 5. The van der Waals surface area contributed by atoms with E-state index in [1.54, 1.807) is 0 Å². The number of hydrogen-bond acceptors (Lipinski definition) is 2. The molecule has 0 fully saturated rings. The van der Waals surface area contributed by atoms with E-state index in [4.69, 9.17) is 0 Å². The van der Waals surface area contributed by atoms with Gasteiger partial charge >= 0.3 is 0 Å². The highest BCUT2D eigenvalue weighted by Crippen LogP contribution is 2.20. The molecular weight excluding hydrogens is 260 g/mol. The maximum atomic E-state index is 10.1. The summed E-state index contributed by atoms with van der Waals surface area (Å²) in [5.74, 6) is 0. The largest absolute Gasteiger partial charge is 0.387 e. The van der Waals surface area contributed by atoms with Crippen LogP contribution in [0.5, 0.6) is 0 Å². The van der Waals surface area contributed by atoms with E-state index >= 15 is 0 Å². The molecule has 21 heavy (non-hydrogen) atoms. The number of fused-ring (bicyclic) bond motifs is 1. The zero-order valence-corrected chi connectivity index (χ0v) is 12.2. The molecule has 1 aromatic heterocycles. The van der Waals surface area contributed by atoms with Gasteiger partial charge in [-0.15, -0.1) is 0 Å². The Balaban J connectivity index is 1.65. The van der Waals surface area contributed by atoms with Gasteiger partial charge in [0.25, 0.3) is 0 Å². The maximum Gasteiger partial charge on any atom is 0.0914 e. The first-order valence-corrected chi connectivity index (χ1v) is 7.22. The monoisotopic (exact) mass is 280 g/mol. The van der Waals surface area contributed by atoms with Gasteiger partial charge in [-0.1, -0.05) is 48.5 Å². The number of nitrogens with one attached hydrogen (secondary N) is 1. The molecule has 1 atom stereocenters. The number of para-hydroxylation sites is 1. The maximum absolute atomic E-state index is 10.1. The minimum absolute atomic E-state index is 0.471. The first kappa shape index (κ1) is 13.9. The minimum atomic E-state index is -0.471. The predicted molar refractivity (Wildman–Crippen MR) is 86.0 cm³/mol. The van der Waals surface area contributed by atoms with Crippen molar-refractivity contribution in [1.82, 2.24) is 9.88 Å². The lowest BCUT2D eigenvalue weighted by atomic mass is 10.1. The standard InChI is InChI=1S/C18H20N2O/c1-20-13-15(16-9-5-6-10-17(16)20)11-19-12-18(21)14-7-3-2-4-8-14/h2-10,13,18-19,21H,11-12H2,1H3/t18-/m0/s1. The third kappa shape index (κ3) is 2.99. The van der Waals surface area contributed by atoms with E-state index < -0.39 is 6.10 Å². The van der Waals surface area contributed by atoms with Crippen molar-refractivity contribution in [3.05, 3.63) is 71.9 Å². The number of nitrogens with zero attached hydrogens (tertiary/aromatic N) is 1. The highest BCUT2D eigenvalue weighted by molar-refractivity contribution is 5.83. The molecule has 0 spiro atoms. The lowest BCUT2D eigenvalue weighted by Crippen LogP contribution is -2.20. The van der Waals surface area contributed by atoms with Crippen molar-refractivity contribution in [2.75, 3.05) is 6.54 Å². The predicted octanol–water partition coefficient (Wildman–Crippen LogP) is 3.00. The third-order valence-corrected chi connectivity index (χ3v) is 3.82. The van der Waals surface area contributed by atoms with E-state index in [0.717, 1.165) is 12.1 Å². The third-order valence-electron chi connectivity index (χ3n) is 3.82. The fourth-order valence-corrected chi connectivity index (χ4v) is 2.70. The summed E-state index contributed by atoms with van der Waals surface area (Å²) >= 11 is 0.